The molecule has 1 rings (SSSR count). The molecular weight excluding hydrogens is 244 g/mol. The third kappa shape index (κ3) is 3.67. The summed E-state index contributed by atoms with van der Waals surface area (Å²) in [4.78, 5) is 12.7. The van der Waals surface area contributed by atoms with Crippen molar-refractivity contribution in [2.45, 2.75) is 53.4 Å². The van der Waals surface area contributed by atoms with Gasteiger partial charge in [0.15, 0.2) is 0 Å². The van der Waals surface area contributed by atoms with E-state index in [1.807, 2.05) is 13.8 Å². The predicted octanol–water partition coefficient (Wildman–Crippen LogP) is 2.63. The normalized spacial score (nSPS) is 23.4. The van der Waals surface area contributed by atoms with E-state index in [4.69, 9.17) is 18.0 Å². The summed E-state index contributed by atoms with van der Waals surface area (Å²) >= 11 is 5.01. The smallest absolute Gasteiger partial charge is 0.223 e. The highest BCUT2D eigenvalue weighted by Gasteiger charge is 2.37. The third-order valence-corrected chi connectivity index (χ3v) is 4.75. The lowest BCUT2D eigenvalue weighted by molar-refractivity contribution is -0.130. The Balaban J connectivity index is 2.58. The molecule has 1 fully saturated rings. The minimum Gasteiger partial charge on any atom is -0.393 e. The van der Waals surface area contributed by atoms with Gasteiger partial charge in [0.2, 0.25) is 5.91 Å². The first-order valence-corrected chi connectivity index (χ1v) is 7.15. The van der Waals surface area contributed by atoms with Crippen LogP contribution in [0.5, 0.6) is 0 Å². The topological polar surface area (TPSA) is 55.1 Å². The van der Waals surface area contributed by atoms with Gasteiger partial charge >= 0.3 is 0 Å². The van der Waals surface area contributed by atoms with E-state index in [-0.39, 0.29) is 22.7 Å². The molecule has 18 heavy (non-hydrogen) atoms. The highest BCUT2D eigenvalue weighted by Crippen LogP contribution is 2.40. The molecule has 1 atom stereocenters. The summed E-state index contributed by atoms with van der Waals surface area (Å²) < 4.78 is 0. The number of carbonyl (C=O) groups is 1. The lowest BCUT2D eigenvalue weighted by Crippen LogP contribution is -2.46. The van der Waals surface area contributed by atoms with E-state index >= 15 is 0 Å². The van der Waals surface area contributed by atoms with Gasteiger partial charge in [0, 0.05) is 17.9 Å². The Hall–Kier alpha value is -0.640. The van der Waals surface area contributed by atoms with E-state index in [0.29, 0.717) is 11.5 Å². The molecule has 1 amide bonds. The molecule has 0 aromatic carbocycles. The Kier molecular flexibility index (Phi) is 4.76. The van der Waals surface area contributed by atoms with Crippen molar-refractivity contribution in [2.24, 2.45) is 22.5 Å². The Bertz CT molecular complexity index is 337. The zero-order valence-corrected chi connectivity index (χ0v) is 12.8. The van der Waals surface area contributed by atoms with Crippen molar-refractivity contribution >= 4 is 23.1 Å². The predicted molar refractivity (Wildman–Crippen MR) is 79.3 cm³/mol. The lowest BCUT2D eigenvalue weighted by atomic mass is 9.68. The van der Waals surface area contributed by atoms with E-state index in [1.54, 1.807) is 0 Å². The molecule has 1 aliphatic carbocycles. The van der Waals surface area contributed by atoms with Crippen LogP contribution in [0.1, 0.15) is 53.4 Å². The van der Waals surface area contributed by atoms with Gasteiger partial charge in [0.05, 0.1) is 4.99 Å². The van der Waals surface area contributed by atoms with Crippen molar-refractivity contribution in [1.82, 2.24) is 5.32 Å². The molecule has 1 aliphatic rings. The molecule has 0 radical (unpaired) electrons. The highest BCUT2D eigenvalue weighted by atomic mass is 32.1. The van der Waals surface area contributed by atoms with Crippen LogP contribution >= 0.6 is 12.2 Å². The fourth-order valence-electron chi connectivity index (χ4n) is 2.50. The summed E-state index contributed by atoms with van der Waals surface area (Å²) in [5, 5.41) is 3.02. The fraction of sp³-hybridized carbons (Fsp3) is 0.857. The SMILES string of the molecule is CC(C)(CNC(=O)C1CCCCC1(C)C)C(N)=S. The van der Waals surface area contributed by atoms with Crippen molar-refractivity contribution in [1.29, 1.82) is 0 Å². The molecule has 104 valence electrons. The van der Waals surface area contributed by atoms with Crippen molar-refractivity contribution < 1.29 is 4.79 Å². The summed E-state index contributed by atoms with van der Waals surface area (Å²) in [7, 11) is 0. The fourth-order valence-corrected chi connectivity index (χ4v) is 2.57. The number of thiocarbonyl (C=S) groups is 1. The molecule has 0 saturated heterocycles. The minimum atomic E-state index is -0.316. The molecule has 0 aliphatic heterocycles. The number of rotatable bonds is 4. The van der Waals surface area contributed by atoms with Gasteiger partial charge < -0.3 is 11.1 Å². The van der Waals surface area contributed by atoms with Crippen molar-refractivity contribution in [3.05, 3.63) is 0 Å². The maximum atomic E-state index is 12.3. The van der Waals surface area contributed by atoms with Crippen molar-refractivity contribution in [3.63, 3.8) is 0 Å². The molecule has 1 unspecified atom stereocenters. The van der Waals surface area contributed by atoms with Gasteiger partial charge in [-0.05, 0) is 18.3 Å². The quantitative estimate of drug-likeness (QED) is 0.772. The van der Waals surface area contributed by atoms with Crippen LogP contribution in [0.3, 0.4) is 0 Å². The summed E-state index contributed by atoms with van der Waals surface area (Å²) in [5.41, 5.74) is 5.46. The first-order chi connectivity index (χ1) is 8.17. The van der Waals surface area contributed by atoms with E-state index in [1.165, 1.54) is 6.42 Å². The molecule has 1 saturated carbocycles. The molecule has 0 bridgehead atoms. The largest absolute Gasteiger partial charge is 0.393 e. The second kappa shape index (κ2) is 5.55. The lowest BCUT2D eigenvalue weighted by Gasteiger charge is -2.38. The summed E-state index contributed by atoms with van der Waals surface area (Å²) in [6.07, 6.45) is 4.51. The molecule has 0 spiro atoms. The average Bonchev–Trinajstić information content (AvgIpc) is 2.25. The molecule has 3 nitrogen and oxygen atoms in total. The number of amides is 1. The number of nitrogens with one attached hydrogen (secondary N) is 1. The highest BCUT2D eigenvalue weighted by molar-refractivity contribution is 7.80. The number of carbonyl (C=O) groups excluding carboxylic acids is 1. The van der Waals surface area contributed by atoms with Gasteiger partial charge in [-0.1, -0.05) is 52.8 Å². The number of hydrogen-bond donors (Lipinski definition) is 2. The molecule has 0 heterocycles. The van der Waals surface area contributed by atoms with Crippen LogP contribution in [0, 0.1) is 16.7 Å². The molecule has 0 aromatic heterocycles. The van der Waals surface area contributed by atoms with Gasteiger partial charge in [0.25, 0.3) is 0 Å². The van der Waals surface area contributed by atoms with Crippen LogP contribution in [0.2, 0.25) is 0 Å². The Morgan fingerprint density at radius 3 is 2.56 bits per heavy atom. The second-order valence-corrected chi connectivity index (χ2v) is 7.19. The van der Waals surface area contributed by atoms with Gasteiger partial charge in [-0.2, -0.15) is 0 Å². The molecule has 4 heteroatoms. The van der Waals surface area contributed by atoms with Crippen LogP contribution in [-0.4, -0.2) is 17.4 Å². The molecule has 3 N–H and O–H groups in total. The van der Waals surface area contributed by atoms with Crippen molar-refractivity contribution in [2.75, 3.05) is 6.54 Å². The standard InChI is InChI=1S/C14H26N2OS/c1-13(2)8-6-5-7-10(13)11(17)16-9-14(3,4)12(15)18/h10H,5-9H2,1-4H3,(H2,15,18)(H,16,17). The Morgan fingerprint density at radius 1 is 1.44 bits per heavy atom. The van der Waals surface area contributed by atoms with Gasteiger partial charge in [-0.25, -0.2) is 0 Å². The minimum absolute atomic E-state index is 0.107. The van der Waals surface area contributed by atoms with Gasteiger partial charge in [-0.3, -0.25) is 4.79 Å². The number of hydrogen-bond acceptors (Lipinski definition) is 2. The maximum absolute atomic E-state index is 12.3. The molecular formula is C14H26N2OS. The molecule has 0 aromatic rings. The zero-order chi connectivity index (χ0) is 14.0. The Morgan fingerprint density at radius 2 is 2.06 bits per heavy atom. The second-order valence-electron chi connectivity index (χ2n) is 6.75. The van der Waals surface area contributed by atoms with E-state index in [2.05, 4.69) is 19.2 Å². The number of nitrogens with two attached hydrogens (primary N) is 1. The van der Waals surface area contributed by atoms with Crippen molar-refractivity contribution in [3.8, 4) is 0 Å². The van der Waals surface area contributed by atoms with Crippen LogP contribution < -0.4 is 11.1 Å². The maximum Gasteiger partial charge on any atom is 0.223 e. The van der Waals surface area contributed by atoms with Crippen LogP contribution in [-0.2, 0) is 4.79 Å². The van der Waals surface area contributed by atoms with Gasteiger partial charge in [0.1, 0.15) is 0 Å². The average molecular weight is 270 g/mol. The monoisotopic (exact) mass is 270 g/mol. The summed E-state index contributed by atoms with van der Waals surface area (Å²) in [6.45, 7) is 8.82. The zero-order valence-electron chi connectivity index (χ0n) is 12.0. The van der Waals surface area contributed by atoms with Crippen LogP contribution in [0.15, 0.2) is 0 Å². The van der Waals surface area contributed by atoms with Crippen LogP contribution in [0.25, 0.3) is 0 Å². The van der Waals surface area contributed by atoms with Crippen LogP contribution in [0.4, 0.5) is 0 Å². The first kappa shape index (κ1) is 15.4. The first-order valence-electron chi connectivity index (χ1n) is 6.74. The van der Waals surface area contributed by atoms with E-state index in [0.717, 1.165) is 19.3 Å². The Labute approximate surface area is 116 Å². The van der Waals surface area contributed by atoms with E-state index in [9.17, 15) is 4.79 Å². The third-order valence-electron chi connectivity index (χ3n) is 4.20. The summed E-state index contributed by atoms with van der Waals surface area (Å²) in [5.74, 6) is 0.275. The van der Waals surface area contributed by atoms with E-state index < -0.39 is 0 Å². The summed E-state index contributed by atoms with van der Waals surface area (Å²) in [6, 6.07) is 0. The van der Waals surface area contributed by atoms with Gasteiger partial charge in [-0.15, -0.1) is 0 Å².